The largest absolute Gasteiger partial charge is 0.229 e. The maximum absolute atomic E-state index is 4.47. The van der Waals surface area contributed by atoms with Crippen LogP contribution in [-0.4, -0.2) is 15.7 Å². The predicted molar refractivity (Wildman–Crippen MR) is 93.1 cm³/mol. The zero-order valence-electron chi connectivity index (χ0n) is 12.1. The van der Waals surface area contributed by atoms with Gasteiger partial charge in [-0.3, -0.25) is 0 Å². The number of hydrogen-bond donors (Lipinski definition) is 0. The van der Waals surface area contributed by atoms with E-state index in [2.05, 4.69) is 47.2 Å². The van der Waals surface area contributed by atoms with Crippen molar-refractivity contribution in [3.63, 3.8) is 0 Å². The molecule has 0 atom stereocenters. The number of unbranched alkanes of at least 4 members (excludes halogenated alkanes) is 2. The third-order valence-corrected chi connectivity index (χ3v) is 5.52. The molecule has 0 aliphatic rings. The second-order valence-corrected chi connectivity index (χ2v) is 7.04. The third kappa shape index (κ3) is 3.44. The van der Waals surface area contributed by atoms with E-state index in [-0.39, 0.29) is 0 Å². The van der Waals surface area contributed by atoms with Crippen molar-refractivity contribution in [3.8, 4) is 10.4 Å². The van der Waals surface area contributed by atoms with Crippen LogP contribution in [0.2, 0.25) is 0 Å². The lowest BCUT2D eigenvalue weighted by Crippen LogP contribution is -1.85. The minimum atomic E-state index is 1.09. The van der Waals surface area contributed by atoms with Crippen LogP contribution in [0.4, 0.5) is 0 Å². The highest BCUT2D eigenvalue weighted by molar-refractivity contribution is 7.99. The lowest BCUT2D eigenvalue weighted by molar-refractivity contribution is 0.778. The van der Waals surface area contributed by atoms with E-state index in [0.717, 1.165) is 15.6 Å². The van der Waals surface area contributed by atoms with Crippen LogP contribution < -0.4 is 0 Å². The Morgan fingerprint density at radius 1 is 1.10 bits per heavy atom. The average Bonchev–Trinajstić information content (AvgIpc) is 2.97. The van der Waals surface area contributed by atoms with Crippen molar-refractivity contribution < 1.29 is 0 Å². The van der Waals surface area contributed by atoms with Crippen molar-refractivity contribution >= 4 is 33.3 Å². The number of thiophene rings is 1. The molecule has 2 heterocycles. The topological polar surface area (TPSA) is 25.8 Å². The smallest absolute Gasteiger partial charge is 0.128 e. The van der Waals surface area contributed by atoms with Crippen molar-refractivity contribution in [2.75, 3.05) is 5.75 Å². The number of aromatic nitrogens is 2. The minimum absolute atomic E-state index is 1.09. The minimum Gasteiger partial charge on any atom is -0.229 e. The van der Waals surface area contributed by atoms with E-state index in [1.54, 1.807) is 17.7 Å². The van der Waals surface area contributed by atoms with E-state index in [1.165, 1.54) is 35.1 Å². The second-order valence-electron chi connectivity index (χ2n) is 4.93. The van der Waals surface area contributed by atoms with Crippen LogP contribution in [0.25, 0.3) is 20.7 Å². The van der Waals surface area contributed by atoms with Gasteiger partial charge in [0.05, 0.1) is 0 Å². The van der Waals surface area contributed by atoms with Crippen molar-refractivity contribution in [2.24, 2.45) is 0 Å². The molecule has 1 aromatic carbocycles. The van der Waals surface area contributed by atoms with E-state index in [9.17, 15) is 0 Å². The Labute approximate surface area is 133 Å². The highest BCUT2D eigenvalue weighted by atomic mass is 32.2. The first-order chi connectivity index (χ1) is 10.4. The highest BCUT2D eigenvalue weighted by Crippen LogP contribution is 2.36. The van der Waals surface area contributed by atoms with Gasteiger partial charge >= 0.3 is 0 Å². The first-order valence-electron chi connectivity index (χ1n) is 7.31. The lowest BCUT2D eigenvalue weighted by Gasteiger charge is -2.00. The van der Waals surface area contributed by atoms with Crippen LogP contribution in [0, 0.1) is 0 Å². The molecule has 0 saturated heterocycles. The van der Waals surface area contributed by atoms with Gasteiger partial charge in [0, 0.05) is 10.3 Å². The Morgan fingerprint density at radius 3 is 2.76 bits per heavy atom. The summed E-state index contributed by atoms with van der Waals surface area (Å²) < 4.78 is 0. The zero-order valence-corrected chi connectivity index (χ0v) is 13.7. The summed E-state index contributed by atoms with van der Waals surface area (Å²) in [6.45, 7) is 2.23. The van der Waals surface area contributed by atoms with Crippen LogP contribution in [-0.2, 0) is 0 Å². The van der Waals surface area contributed by atoms with Crippen LogP contribution in [0.3, 0.4) is 0 Å². The fraction of sp³-hybridized carbons (Fsp3) is 0.294. The Morgan fingerprint density at radius 2 is 1.95 bits per heavy atom. The quantitative estimate of drug-likeness (QED) is 0.334. The summed E-state index contributed by atoms with van der Waals surface area (Å²) in [5.41, 5.74) is 1.25. The van der Waals surface area contributed by atoms with Gasteiger partial charge in [-0.05, 0) is 23.8 Å². The normalized spacial score (nSPS) is 11.1. The maximum atomic E-state index is 4.47. The molecule has 0 fully saturated rings. The molecule has 0 unspecified atom stereocenters. The Kier molecular flexibility index (Phi) is 4.88. The van der Waals surface area contributed by atoms with Gasteiger partial charge in [-0.25, -0.2) is 9.97 Å². The first kappa shape index (κ1) is 14.5. The molecule has 4 heteroatoms. The summed E-state index contributed by atoms with van der Waals surface area (Å²) in [7, 11) is 0. The molecule has 2 aromatic heterocycles. The number of fused-ring (bicyclic) bond motifs is 1. The number of rotatable bonds is 6. The van der Waals surface area contributed by atoms with Crippen LogP contribution in [0.15, 0.2) is 47.8 Å². The zero-order chi connectivity index (χ0) is 14.5. The standard InChI is InChI=1S/C17H18N2S2/c1-2-3-7-10-20-16-14-11-15(13-8-5-4-6-9-13)21-17(14)19-12-18-16/h4-6,8-9,11-12H,2-3,7,10H2,1H3. The van der Waals surface area contributed by atoms with Gasteiger partial charge in [0.25, 0.3) is 0 Å². The third-order valence-electron chi connectivity index (χ3n) is 3.34. The number of benzene rings is 1. The summed E-state index contributed by atoms with van der Waals surface area (Å²) in [4.78, 5) is 11.2. The van der Waals surface area contributed by atoms with E-state index >= 15 is 0 Å². The number of nitrogens with zero attached hydrogens (tertiary/aromatic N) is 2. The van der Waals surface area contributed by atoms with Crippen LogP contribution in [0.1, 0.15) is 26.2 Å². The fourth-order valence-electron chi connectivity index (χ4n) is 2.21. The maximum Gasteiger partial charge on any atom is 0.128 e. The van der Waals surface area contributed by atoms with E-state index in [1.807, 2.05) is 17.8 Å². The molecule has 0 radical (unpaired) electrons. The molecule has 3 rings (SSSR count). The molecule has 0 bridgehead atoms. The molecule has 0 amide bonds. The molecule has 0 aliphatic carbocycles. The Bertz CT molecular complexity index is 707. The summed E-state index contributed by atoms with van der Waals surface area (Å²) in [6.07, 6.45) is 5.49. The number of hydrogen-bond acceptors (Lipinski definition) is 4. The summed E-state index contributed by atoms with van der Waals surface area (Å²) >= 11 is 3.60. The molecule has 0 spiro atoms. The predicted octanol–water partition coefficient (Wildman–Crippen LogP) is 5.64. The van der Waals surface area contributed by atoms with E-state index in [4.69, 9.17) is 0 Å². The van der Waals surface area contributed by atoms with Gasteiger partial charge in [-0.15, -0.1) is 23.1 Å². The van der Waals surface area contributed by atoms with E-state index in [0.29, 0.717) is 0 Å². The van der Waals surface area contributed by atoms with Gasteiger partial charge in [0.2, 0.25) is 0 Å². The first-order valence-corrected chi connectivity index (χ1v) is 9.11. The van der Waals surface area contributed by atoms with Gasteiger partial charge in [0.15, 0.2) is 0 Å². The molecule has 108 valence electrons. The van der Waals surface area contributed by atoms with Crippen molar-refractivity contribution in [1.82, 2.24) is 9.97 Å². The summed E-state index contributed by atoms with van der Waals surface area (Å²) in [5, 5.41) is 2.32. The monoisotopic (exact) mass is 314 g/mol. The van der Waals surface area contributed by atoms with Crippen molar-refractivity contribution in [3.05, 3.63) is 42.7 Å². The fourth-order valence-corrected chi connectivity index (χ4v) is 4.26. The molecule has 0 saturated carbocycles. The summed E-state index contributed by atoms with van der Waals surface area (Å²) in [6, 6.07) is 12.7. The molecule has 0 N–H and O–H groups in total. The van der Waals surface area contributed by atoms with Crippen molar-refractivity contribution in [1.29, 1.82) is 0 Å². The molecule has 3 aromatic rings. The summed E-state index contributed by atoms with van der Waals surface area (Å²) in [5.74, 6) is 1.14. The van der Waals surface area contributed by atoms with Crippen LogP contribution in [0.5, 0.6) is 0 Å². The Balaban J connectivity index is 1.87. The van der Waals surface area contributed by atoms with Gasteiger partial charge < -0.3 is 0 Å². The molecule has 2 nitrogen and oxygen atoms in total. The van der Waals surface area contributed by atoms with Gasteiger partial charge in [-0.2, -0.15) is 0 Å². The lowest BCUT2D eigenvalue weighted by atomic mass is 10.2. The Hall–Kier alpha value is -1.39. The van der Waals surface area contributed by atoms with Gasteiger partial charge in [-0.1, -0.05) is 50.1 Å². The highest BCUT2D eigenvalue weighted by Gasteiger charge is 2.10. The molecule has 0 aliphatic heterocycles. The average molecular weight is 314 g/mol. The van der Waals surface area contributed by atoms with Gasteiger partial charge in [0.1, 0.15) is 16.2 Å². The van der Waals surface area contributed by atoms with Crippen LogP contribution >= 0.6 is 23.1 Å². The number of thioether (sulfide) groups is 1. The molecular formula is C17H18N2S2. The second kappa shape index (κ2) is 7.05. The van der Waals surface area contributed by atoms with E-state index < -0.39 is 0 Å². The molecule has 21 heavy (non-hydrogen) atoms. The molecular weight excluding hydrogens is 296 g/mol. The SMILES string of the molecule is CCCCCSc1ncnc2sc(-c3ccccc3)cc12. The van der Waals surface area contributed by atoms with Crippen molar-refractivity contribution in [2.45, 2.75) is 31.2 Å².